The number of amides is 2. The number of likely N-dealkylation sites (N-methyl/N-ethyl adjacent to an activating group) is 1. The summed E-state index contributed by atoms with van der Waals surface area (Å²) in [5, 5.41) is 9.23. The van der Waals surface area contributed by atoms with Crippen molar-refractivity contribution in [1.82, 2.24) is 14.7 Å². The maximum absolute atomic E-state index is 12.7. The Labute approximate surface area is 120 Å². The molecule has 1 unspecified atom stereocenters. The van der Waals surface area contributed by atoms with Crippen LogP contribution >= 0.6 is 0 Å². The fourth-order valence-corrected chi connectivity index (χ4v) is 3.26. The van der Waals surface area contributed by atoms with Gasteiger partial charge in [0, 0.05) is 25.7 Å². The van der Waals surface area contributed by atoms with Gasteiger partial charge in [-0.1, -0.05) is 6.92 Å². The quantitative estimate of drug-likeness (QED) is 0.823. The summed E-state index contributed by atoms with van der Waals surface area (Å²) in [6, 6.07) is -0.539. The molecule has 2 saturated heterocycles. The molecule has 6 nitrogen and oxygen atoms in total. The molecular formula is C14H25N3O3. The van der Waals surface area contributed by atoms with Crippen molar-refractivity contribution in [3.63, 3.8) is 0 Å². The molecule has 2 aliphatic rings. The van der Waals surface area contributed by atoms with Gasteiger partial charge in [0.2, 0.25) is 0 Å². The molecule has 0 aromatic heterocycles. The maximum atomic E-state index is 12.7. The van der Waals surface area contributed by atoms with Crippen molar-refractivity contribution in [1.29, 1.82) is 0 Å². The summed E-state index contributed by atoms with van der Waals surface area (Å²) in [4.78, 5) is 29.7. The minimum absolute atomic E-state index is 0.0861. The van der Waals surface area contributed by atoms with Crippen LogP contribution in [-0.2, 0) is 4.79 Å². The normalized spacial score (nSPS) is 28.5. The number of carbonyl (C=O) groups excluding carboxylic acids is 1. The van der Waals surface area contributed by atoms with E-state index in [-0.39, 0.29) is 12.1 Å². The predicted molar refractivity (Wildman–Crippen MR) is 75.7 cm³/mol. The molecule has 0 bridgehead atoms. The fourth-order valence-electron chi connectivity index (χ4n) is 3.26. The van der Waals surface area contributed by atoms with Crippen molar-refractivity contribution in [2.45, 2.75) is 44.7 Å². The zero-order chi connectivity index (χ0) is 14.7. The standard InChI is InChI=1S/C14H25N3O3/c1-3-11-10-15(2)7-5-9-16(11)14(20)17-8-4-6-12(17)13(18)19/h11-12H,3-10H2,1-2H3,(H,18,19)/t11?,12-/m1/s1. The van der Waals surface area contributed by atoms with Gasteiger partial charge in [0.15, 0.2) is 0 Å². The Morgan fingerprint density at radius 2 is 1.85 bits per heavy atom. The molecule has 2 amide bonds. The minimum Gasteiger partial charge on any atom is -0.480 e. The topological polar surface area (TPSA) is 64.1 Å². The van der Waals surface area contributed by atoms with Crippen LogP contribution in [0.5, 0.6) is 0 Å². The first-order valence-electron chi connectivity index (χ1n) is 7.53. The molecule has 0 saturated carbocycles. The molecule has 6 heteroatoms. The van der Waals surface area contributed by atoms with Crippen LogP contribution in [0.2, 0.25) is 0 Å². The molecule has 1 N–H and O–H groups in total. The lowest BCUT2D eigenvalue weighted by molar-refractivity contribution is -0.141. The van der Waals surface area contributed by atoms with Crippen LogP contribution in [0.4, 0.5) is 4.79 Å². The number of carboxylic acids is 1. The molecule has 20 heavy (non-hydrogen) atoms. The summed E-state index contributed by atoms with van der Waals surface area (Å²) < 4.78 is 0. The first kappa shape index (κ1) is 15.1. The van der Waals surface area contributed by atoms with Crippen molar-refractivity contribution < 1.29 is 14.7 Å². The Hall–Kier alpha value is -1.30. The van der Waals surface area contributed by atoms with Gasteiger partial charge in [-0.3, -0.25) is 0 Å². The number of rotatable bonds is 2. The van der Waals surface area contributed by atoms with Gasteiger partial charge in [-0.05, 0) is 39.3 Å². The van der Waals surface area contributed by atoms with Gasteiger partial charge >= 0.3 is 12.0 Å². The first-order chi connectivity index (χ1) is 9.54. The lowest BCUT2D eigenvalue weighted by Gasteiger charge is -2.35. The van der Waals surface area contributed by atoms with Gasteiger partial charge < -0.3 is 19.8 Å². The van der Waals surface area contributed by atoms with Crippen molar-refractivity contribution in [3.05, 3.63) is 0 Å². The van der Waals surface area contributed by atoms with Gasteiger partial charge in [-0.25, -0.2) is 9.59 Å². The number of hydrogen-bond acceptors (Lipinski definition) is 3. The molecule has 0 aliphatic carbocycles. The van der Waals surface area contributed by atoms with Crippen LogP contribution in [-0.4, -0.2) is 77.1 Å². The third-order valence-electron chi connectivity index (χ3n) is 4.40. The number of carboxylic acid groups (broad SMARTS) is 1. The lowest BCUT2D eigenvalue weighted by Crippen LogP contribution is -2.52. The molecule has 0 aromatic carbocycles. The van der Waals surface area contributed by atoms with E-state index in [4.69, 9.17) is 0 Å². The summed E-state index contributed by atoms with van der Waals surface area (Å²) in [5.41, 5.74) is 0. The highest BCUT2D eigenvalue weighted by molar-refractivity contribution is 5.83. The number of urea groups is 1. The number of nitrogens with zero attached hydrogens (tertiary/aromatic N) is 3. The van der Waals surface area contributed by atoms with E-state index in [0.717, 1.165) is 38.9 Å². The van der Waals surface area contributed by atoms with E-state index in [1.165, 1.54) is 0 Å². The average molecular weight is 283 g/mol. The highest BCUT2D eigenvalue weighted by Crippen LogP contribution is 2.22. The number of likely N-dealkylation sites (tertiary alicyclic amines) is 1. The van der Waals surface area contributed by atoms with Gasteiger partial charge in [0.25, 0.3) is 0 Å². The van der Waals surface area contributed by atoms with Crippen LogP contribution in [0.3, 0.4) is 0 Å². The summed E-state index contributed by atoms with van der Waals surface area (Å²) in [6.07, 6.45) is 3.21. The second kappa shape index (κ2) is 6.43. The molecule has 2 aliphatic heterocycles. The van der Waals surface area contributed by atoms with E-state index in [1.807, 2.05) is 4.90 Å². The van der Waals surface area contributed by atoms with Crippen LogP contribution in [0, 0.1) is 0 Å². The molecule has 2 rings (SSSR count). The van der Waals surface area contributed by atoms with Gasteiger partial charge in [0.1, 0.15) is 6.04 Å². The molecule has 0 aromatic rings. The highest BCUT2D eigenvalue weighted by Gasteiger charge is 2.38. The van der Waals surface area contributed by atoms with E-state index < -0.39 is 12.0 Å². The molecular weight excluding hydrogens is 258 g/mol. The zero-order valence-electron chi connectivity index (χ0n) is 12.4. The zero-order valence-corrected chi connectivity index (χ0v) is 12.4. The molecule has 0 spiro atoms. The summed E-state index contributed by atoms with van der Waals surface area (Å²) in [6.45, 7) is 5.24. The van der Waals surface area contributed by atoms with Gasteiger partial charge in [-0.2, -0.15) is 0 Å². The summed E-state index contributed by atoms with van der Waals surface area (Å²) in [7, 11) is 2.08. The van der Waals surface area contributed by atoms with Crippen molar-refractivity contribution in [2.24, 2.45) is 0 Å². The Kier molecular flexibility index (Phi) is 4.86. The maximum Gasteiger partial charge on any atom is 0.326 e. The monoisotopic (exact) mass is 283 g/mol. The van der Waals surface area contributed by atoms with E-state index in [1.54, 1.807) is 4.90 Å². The van der Waals surface area contributed by atoms with E-state index in [2.05, 4.69) is 18.9 Å². The average Bonchev–Trinajstić information content (AvgIpc) is 2.82. The van der Waals surface area contributed by atoms with Crippen LogP contribution < -0.4 is 0 Å². The molecule has 2 fully saturated rings. The second-order valence-electron chi connectivity index (χ2n) is 5.84. The lowest BCUT2D eigenvalue weighted by atomic mass is 10.2. The minimum atomic E-state index is -0.879. The van der Waals surface area contributed by atoms with Crippen LogP contribution in [0.25, 0.3) is 0 Å². The predicted octanol–water partition coefficient (Wildman–Crippen LogP) is 1.07. The number of aliphatic carboxylic acids is 1. The van der Waals surface area contributed by atoms with E-state index in [9.17, 15) is 14.7 Å². The fraction of sp³-hybridized carbons (Fsp3) is 0.857. The Morgan fingerprint density at radius 3 is 2.50 bits per heavy atom. The van der Waals surface area contributed by atoms with E-state index >= 15 is 0 Å². The van der Waals surface area contributed by atoms with Crippen molar-refractivity contribution >= 4 is 12.0 Å². The molecule has 114 valence electrons. The summed E-state index contributed by atoms with van der Waals surface area (Å²) in [5.74, 6) is -0.879. The van der Waals surface area contributed by atoms with Crippen molar-refractivity contribution in [2.75, 3.05) is 33.2 Å². The number of hydrogen-bond donors (Lipinski definition) is 1. The van der Waals surface area contributed by atoms with Crippen LogP contribution in [0.15, 0.2) is 0 Å². The van der Waals surface area contributed by atoms with E-state index in [0.29, 0.717) is 13.0 Å². The summed E-state index contributed by atoms with van der Waals surface area (Å²) >= 11 is 0. The van der Waals surface area contributed by atoms with Gasteiger partial charge in [-0.15, -0.1) is 0 Å². The Balaban J connectivity index is 2.11. The molecule has 2 atom stereocenters. The third-order valence-corrected chi connectivity index (χ3v) is 4.40. The Bertz CT molecular complexity index is 375. The number of carbonyl (C=O) groups is 2. The third kappa shape index (κ3) is 3.06. The first-order valence-corrected chi connectivity index (χ1v) is 7.53. The Morgan fingerprint density at radius 1 is 1.15 bits per heavy atom. The van der Waals surface area contributed by atoms with Crippen molar-refractivity contribution in [3.8, 4) is 0 Å². The largest absolute Gasteiger partial charge is 0.480 e. The van der Waals surface area contributed by atoms with Crippen LogP contribution in [0.1, 0.15) is 32.6 Å². The molecule has 0 radical (unpaired) electrons. The van der Waals surface area contributed by atoms with Gasteiger partial charge in [0.05, 0.1) is 0 Å². The molecule has 2 heterocycles. The second-order valence-corrected chi connectivity index (χ2v) is 5.84. The smallest absolute Gasteiger partial charge is 0.326 e. The SMILES string of the molecule is CCC1CN(C)CCCN1C(=O)N1CCC[C@@H]1C(=O)O. The highest BCUT2D eigenvalue weighted by atomic mass is 16.4.